The monoisotopic (exact) mass is 266 g/mol. The summed E-state index contributed by atoms with van der Waals surface area (Å²) < 4.78 is 0. The molecule has 0 aromatic carbocycles. The molecule has 0 radical (unpaired) electrons. The van der Waals surface area contributed by atoms with Crippen molar-refractivity contribution in [2.45, 2.75) is 96.2 Å². The van der Waals surface area contributed by atoms with Crippen LogP contribution < -0.4 is 5.32 Å². The van der Waals surface area contributed by atoms with Crippen molar-refractivity contribution in [3.8, 4) is 0 Å². The van der Waals surface area contributed by atoms with Gasteiger partial charge in [-0.15, -0.1) is 0 Å². The van der Waals surface area contributed by atoms with Crippen LogP contribution in [0.25, 0.3) is 0 Å². The minimum Gasteiger partial charge on any atom is -0.314 e. The van der Waals surface area contributed by atoms with Gasteiger partial charge in [-0.1, -0.05) is 33.1 Å². The number of nitrogens with one attached hydrogen (secondary N) is 1. The van der Waals surface area contributed by atoms with E-state index in [4.69, 9.17) is 0 Å². The maximum atomic E-state index is 3.76. The number of piperidine rings is 1. The second-order valence-corrected chi connectivity index (χ2v) is 6.65. The van der Waals surface area contributed by atoms with Gasteiger partial charge in [0.05, 0.1) is 0 Å². The number of hydrogen-bond donors (Lipinski definition) is 1. The molecule has 0 spiro atoms. The van der Waals surface area contributed by atoms with Crippen molar-refractivity contribution in [3.05, 3.63) is 0 Å². The van der Waals surface area contributed by atoms with Gasteiger partial charge in [-0.05, 0) is 58.0 Å². The molecule has 2 heteroatoms. The second kappa shape index (κ2) is 8.26. The minimum atomic E-state index is 0.794. The summed E-state index contributed by atoms with van der Waals surface area (Å²) in [6.45, 7) is 7.19. The van der Waals surface area contributed by atoms with Crippen molar-refractivity contribution in [1.82, 2.24) is 10.2 Å². The number of likely N-dealkylation sites (tertiary alicyclic amines) is 1. The normalized spacial score (nSPS) is 33.5. The Bertz CT molecular complexity index is 239. The van der Waals surface area contributed by atoms with Crippen molar-refractivity contribution in [2.24, 2.45) is 0 Å². The van der Waals surface area contributed by atoms with Gasteiger partial charge in [-0.2, -0.15) is 0 Å². The molecule has 0 bridgehead atoms. The van der Waals surface area contributed by atoms with E-state index in [1.165, 1.54) is 77.3 Å². The topological polar surface area (TPSA) is 15.3 Å². The molecule has 1 heterocycles. The van der Waals surface area contributed by atoms with E-state index in [2.05, 4.69) is 24.1 Å². The van der Waals surface area contributed by atoms with E-state index in [0.29, 0.717) is 0 Å². The molecule has 0 aromatic rings. The Morgan fingerprint density at radius 1 is 1.00 bits per heavy atom. The van der Waals surface area contributed by atoms with Crippen LogP contribution in [-0.2, 0) is 0 Å². The smallest absolute Gasteiger partial charge is 0.0113 e. The van der Waals surface area contributed by atoms with E-state index in [1.807, 2.05) is 0 Å². The van der Waals surface area contributed by atoms with Crippen molar-refractivity contribution in [1.29, 1.82) is 0 Å². The maximum Gasteiger partial charge on any atom is 0.0113 e. The van der Waals surface area contributed by atoms with Gasteiger partial charge in [-0.3, -0.25) is 4.90 Å². The van der Waals surface area contributed by atoms with E-state index in [1.54, 1.807) is 0 Å². The fourth-order valence-corrected chi connectivity index (χ4v) is 4.15. The first kappa shape index (κ1) is 15.3. The zero-order valence-corrected chi connectivity index (χ0v) is 13.2. The Morgan fingerprint density at radius 2 is 1.89 bits per heavy atom. The zero-order valence-electron chi connectivity index (χ0n) is 13.2. The summed E-state index contributed by atoms with van der Waals surface area (Å²) >= 11 is 0. The summed E-state index contributed by atoms with van der Waals surface area (Å²) in [7, 11) is 0. The first-order valence-electron chi connectivity index (χ1n) is 8.84. The summed E-state index contributed by atoms with van der Waals surface area (Å²) in [5.74, 6) is 0. The Labute approximate surface area is 120 Å². The molecule has 1 aliphatic carbocycles. The molecule has 0 aromatic heterocycles. The van der Waals surface area contributed by atoms with E-state index < -0.39 is 0 Å². The molecule has 1 aliphatic heterocycles. The van der Waals surface area contributed by atoms with Crippen LogP contribution in [0.15, 0.2) is 0 Å². The lowest BCUT2D eigenvalue weighted by atomic mass is 9.86. The van der Waals surface area contributed by atoms with Crippen molar-refractivity contribution in [3.63, 3.8) is 0 Å². The van der Waals surface area contributed by atoms with Crippen LogP contribution >= 0.6 is 0 Å². The lowest BCUT2D eigenvalue weighted by Crippen LogP contribution is -2.50. The maximum absolute atomic E-state index is 3.76. The molecular formula is C17H34N2. The molecule has 19 heavy (non-hydrogen) atoms. The standard InChI is InChI=1S/C17H34N2/c1-3-8-16-10-5-6-13-19(16)17-11-7-9-15(14-17)18-12-4-2/h15-18H,3-14H2,1-2H3. The van der Waals surface area contributed by atoms with Crippen LogP contribution in [-0.4, -0.2) is 36.1 Å². The van der Waals surface area contributed by atoms with Crippen LogP contribution in [0.3, 0.4) is 0 Å². The molecule has 1 N–H and O–H groups in total. The molecule has 1 saturated carbocycles. The highest BCUT2D eigenvalue weighted by Gasteiger charge is 2.31. The summed E-state index contributed by atoms with van der Waals surface area (Å²) in [5.41, 5.74) is 0. The van der Waals surface area contributed by atoms with Crippen LogP contribution in [0, 0.1) is 0 Å². The molecule has 2 fully saturated rings. The molecule has 1 saturated heterocycles. The molecule has 112 valence electrons. The van der Waals surface area contributed by atoms with Crippen LogP contribution in [0.1, 0.15) is 78.1 Å². The Balaban J connectivity index is 1.87. The first-order chi connectivity index (χ1) is 9.35. The molecule has 2 rings (SSSR count). The van der Waals surface area contributed by atoms with Gasteiger partial charge >= 0.3 is 0 Å². The van der Waals surface area contributed by atoms with E-state index >= 15 is 0 Å². The average molecular weight is 266 g/mol. The van der Waals surface area contributed by atoms with E-state index in [-0.39, 0.29) is 0 Å². The SMILES string of the molecule is CCCNC1CCCC(N2CCCCC2CCC)C1. The quantitative estimate of drug-likeness (QED) is 0.783. The van der Waals surface area contributed by atoms with Crippen LogP contribution in [0.5, 0.6) is 0 Å². The predicted molar refractivity (Wildman–Crippen MR) is 83.6 cm³/mol. The van der Waals surface area contributed by atoms with Crippen molar-refractivity contribution >= 4 is 0 Å². The number of hydrogen-bond acceptors (Lipinski definition) is 2. The third-order valence-corrected chi connectivity index (χ3v) is 5.09. The van der Waals surface area contributed by atoms with E-state index in [0.717, 1.165) is 18.1 Å². The fourth-order valence-electron chi connectivity index (χ4n) is 4.15. The highest BCUT2D eigenvalue weighted by molar-refractivity contribution is 4.88. The Hall–Kier alpha value is -0.0800. The largest absolute Gasteiger partial charge is 0.314 e. The number of nitrogens with zero attached hydrogens (tertiary/aromatic N) is 1. The summed E-state index contributed by atoms with van der Waals surface area (Å²) in [5, 5.41) is 3.76. The second-order valence-electron chi connectivity index (χ2n) is 6.65. The van der Waals surface area contributed by atoms with Gasteiger partial charge in [0.15, 0.2) is 0 Å². The summed E-state index contributed by atoms with van der Waals surface area (Å²) in [6, 6.07) is 2.57. The third kappa shape index (κ3) is 4.46. The van der Waals surface area contributed by atoms with Gasteiger partial charge in [0.25, 0.3) is 0 Å². The molecule has 0 amide bonds. The highest BCUT2D eigenvalue weighted by Crippen LogP contribution is 2.30. The van der Waals surface area contributed by atoms with Gasteiger partial charge in [0, 0.05) is 18.1 Å². The molecule has 2 nitrogen and oxygen atoms in total. The van der Waals surface area contributed by atoms with Gasteiger partial charge in [0.1, 0.15) is 0 Å². The first-order valence-corrected chi connectivity index (χ1v) is 8.84. The van der Waals surface area contributed by atoms with Gasteiger partial charge < -0.3 is 5.32 Å². The van der Waals surface area contributed by atoms with Crippen LogP contribution in [0.4, 0.5) is 0 Å². The molecule has 3 atom stereocenters. The van der Waals surface area contributed by atoms with E-state index in [9.17, 15) is 0 Å². The lowest BCUT2D eigenvalue weighted by molar-refractivity contribution is 0.0595. The van der Waals surface area contributed by atoms with Crippen LogP contribution in [0.2, 0.25) is 0 Å². The lowest BCUT2D eigenvalue weighted by Gasteiger charge is -2.44. The fraction of sp³-hybridized carbons (Fsp3) is 1.00. The van der Waals surface area contributed by atoms with Crippen molar-refractivity contribution < 1.29 is 0 Å². The zero-order chi connectivity index (χ0) is 13.5. The molecular weight excluding hydrogens is 232 g/mol. The average Bonchev–Trinajstić information content (AvgIpc) is 2.46. The minimum absolute atomic E-state index is 0.794. The summed E-state index contributed by atoms with van der Waals surface area (Å²) in [6.07, 6.45) is 14.1. The molecule has 3 unspecified atom stereocenters. The molecule has 2 aliphatic rings. The summed E-state index contributed by atoms with van der Waals surface area (Å²) in [4.78, 5) is 2.90. The highest BCUT2D eigenvalue weighted by atomic mass is 15.2. The van der Waals surface area contributed by atoms with Gasteiger partial charge in [0.2, 0.25) is 0 Å². The Morgan fingerprint density at radius 3 is 2.68 bits per heavy atom. The Kier molecular flexibility index (Phi) is 6.66. The number of rotatable bonds is 6. The third-order valence-electron chi connectivity index (χ3n) is 5.09. The van der Waals surface area contributed by atoms with Gasteiger partial charge in [-0.25, -0.2) is 0 Å². The van der Waals surface area contributed by atoms with Crippen molar-refractivity contribution in [2.75, 3.05) is 13.1 Å². The predicted octanol–water partition coefficient (Wildman–Crippen LogP) is 3.95.